The molecule has 0 radical (unpaired) electrons. The molecule has 2 N–H and O–H groups in total. The number of ether oxygens (including phenoxy) is 2. The van der Waals surface area contributed by atoms with Crippen molar-refractivity contribution in [3.8, 4) is 5.75 Å². The minimum Gasteiger partial charge on any atom is -0.496 e. The number of hydrogen-bond acceptors (Lipinski definition) is 5. The largest absolute Gasteiger partial charge is 0.496 e. The van der Waals surface area contributed by atoms with Crippen molar-refractivity contribution in [3.63, 3.8) is 0 Å². The Balaban J connectivity index is 1.21. The summed E-state index contributed by atoms with van der Waals surface area (Å²) in [5, 5.41) is 7.06. The summed E-state index contributed by atoms with van der Waals surface area (Å²) in [5.74, 6) is 2.81. The second kappa shape index (κ2) is 8.68. The third kappa shape index (κ3) is 3.64. The minimum absolute atomic E-state index is 0.112. The van der Waals surface area contributed by atoms with E-state index in [-0.39, 0.29) is 17.2 Å². The van der Waals surface area contributed by atoms with Crippen LogP contribution in [0.1, 0.15) is 58.5 Å². The van der Waals surface area contributed by atoms with E-state index in [1.807, 2.05) is 24.3 Å². The summed E-state index contributed by atoms with van der Waals surface area (Å²) < 4.78 is 11.1. The predicted molar refractivity (Wildman–Crippen MR) is 131 cm³/mol. The van der Waals surface area contributed by atoms with Gasteiger partial charge in [-0.3, -0.25) is 9.59 Å². The van der Waals surface area contributed by atoms with E-state index in [0.29, 0.717) is 60.9 Å². The molecular weight excluding hydrogens is 448 g/mol. The van der Waals surface area contributed by atoms with E-state index in [1.54, 1.807) is 7.11 Å². The Morgan fingerprint density at radius 1 is 1.18 bits per heavy atom. The van der Waals surface area contributed by atoms with Crippen LogP contribution in [-0.2, 0) is 29.0 Å². The molecule has 4 fully saturated rings. The van der Waals surface area contributed by atoms with Gasteiger partial charge >= 0.3 is 0 Å². The standard InChI is InChI=1S/C27H32N2O4S/c1-32-21-5-3-2-4-18(21)6-8-28-24(30)23-20-7-9-33-15-22(20)34-25(23)29-26(31)27-13-16-10-17(14-27)12-19(27)11-16/h2-5,16-17,19H,6-15H2,1H3,(H,28,30)(H,29,31). The number of anilines is 1. The third-order valence-corrected chi connectivity index (χ3v) is 9.71. The van der Waals surface area contributed by atoms with E-state index in [1.165, 1.54) is 30.6 Å². The van der Waals surface area contributed by atoms with Crippen LogP contribution in [0.3, 0.4) is 0 Å². The highest BCUT2D eigenvalue weighted by Gasteiger charge is 2.61. The van der Waals surface area contributed by atoms with Gasteiger partial charge in [0, 0.05) is 11.4 Å². The zero-order chi connectivity index (χ0) is 23.3. The van der Waals surface area contributed by atoms with Crippen LogP contribution in [-0.4, -0.2) is 32.1 Å². The Morgan fingerprint density at radius 3 is 2.76 bits per heavy atom. The van der Waals surface area contributed by atoms with Crippen LogP contribution in [0.2, 0.25) is 0 Å². The molecule has 7 rings (SSSR count). The molecule has 5 aliphatic rings. The first-order chi connectivity index (χ1) is 16.6. The average molecular weight is 481 g/mol. The molecular formula is C27H32N2O4S. The summed E-state index contributed by atoms with van der Waals surface area (Å²) in [6.07, 6.45) is 7.14. The predicted octanol–water partition coefficient (Wildman–Crippen LogP) is 4.57. The van der Waals surface area contributed by atoms with Gasteiger partial charge in [-0.05, 0) is 79.9 Å². The van der Waals surface area contributed by atoms with Crippen LogP contribution in [0.15, 0.2) is 24.3 Å². The van der Waals surface area contributed by atoms with Gasteiger partial charge in [-0.2, -0.15) is 0 Å². The lowest BCUT2D eigenvalue weighted by atomic mass is 9.75. The van der Waals surface area contributed by atoms with Crippen molar-refractivity contribution >= 4 is 28.2 Å². The Hall–Kier alpha value is -2.38. The summed E-state index contributed by atoms with van der Waals surface area (Å²) in [4.78, 5) is 28.1. The van der Waals surface area contributed by atoms with Crippen LogP contribution in [0.4, 0.5) is 5.00 Å². The Bertz CT molecular complexity index is 1110. The normalized spacial score (nSPS) is 28.6. The van der Waals surface area contributed by atoms with Gasteiger partial charge in [0.15, 0.2) is 0 Å². The topological polar surface area (TPSA) is 76.7 Å². The average Bonchev–Trinajstić information content (AvgIpc) is 3.42. The highest BCUT2D eigenvalue weighted by molar-refractivity contribution is 7.17. The zero-order valence-electron chi connectivity index (χ0n) is 19.7. The first-order valence-electron chi connectivity index (χ1n) is 12.5. The van der Waals surface area contributed by atoms with Crippen LogP contribution in [0, 0.1) is 23.2 Å². The second-order valence-electron chi connectivity index (χ2n) is 10.5. The molecule has 1 aromatic heterocycles. The maximum Gasteiger partial charge on any atom is 0.254 e. The number of carbonyl (C=O) groups is 2. The van der Waals surface area contributed by atoms with Crippen LogP contribution in [0.25, 0.3) is 0 Å². The molecule has 1 aromatic carbocycles. The number of rotatable bonds is 7. The molecule has 4 saturated carbocycles. The third-order valence-electron chi connectivity index (χ3n) is 8.59. The fraction of sp³-hybridized carbons (Fsp3) is 0.556. The SMILES string of the molecule is COc1ccccc1CCNC(=O)c1c(NC(=O)C23CC4CC(CC2C4)C3)sc2c1CCOC2. The first-order valence-corrected chi connectivity index (χ1v) is 13.3. The number of thiophene rings is 1. The molecule has 2 atom stereocenters. The lowest BCUT2D eigenvalue weighted by Crippen LogP contribution is -2.38. The van der Waals surface area contributed by atoms with Gasteiger partial charge in [0.25, 0.3) is 5.91 Å². The fourth-order valence-corrected chi connectivity index (χ4v) is 8.44. The maximum atomic E-state index is 13.7. The van der Waals surface area contributed by atoms with Gasteiger partial charge in [0.05, 0.1) is 31.3 Å². The molecule has 0 saturated heterocycles. The van der Waals surface area contributed by atoms with Crippen molar-refractivity contribution in [2.45, 2.75) is 51.6 Å². The van der Waals surface area contributed by atoms with E-state index in [2.05, 4.69) is 10.6 Å². The first kappa shape index (κ1) is 22.1. The fourth-order valence-electron chi connectivity index (χ4n) is 7.26. The number of benzene rings is 1. The number of carbonyl (C=O) groups excluding carboxylic acids is 2. The minimum atomic E-state index is -0.216. The molecule has 0 spiro atoms. The van der Waals surface area contributed by atoms with Gasteiger partial charge in [0.1, 0.15) is 10.8 Å². The molecule has 2 unspecified atom stereocenters. The van der Waals surface area contributed by atoms with E-state index < -0.39 is 0 Å². The summed E-state index contributed by atoms with van der Waals surface area (Å²) in [6, 6.07) is 7.87. The van der Waals surface area contributed by atoms with Crippen molar-refractivity contribution in [1.82, 2.24) is 5.32 Å². The molecule has 2 aromatic rings. The number of methoxy groups -OCH3 is 1. The highest BCUT2D eigenvalue weighted by Crippen LogP contribution is 2.65. The number of fused-ring (bicyclic) bond motifs is 1. The number of para-hydroxylation sites is 1. The van der Waals surface area contributed by atoms with E-state index in [9.17, 15) is 9.59 Å². The number of hydrogen-bond donors (Lipinski definition) is 2. The van der Waals surface area contributed by atoms with Crippen molar-refractivity contribution < 1.29 is 19.1 Å². The zero-order valence-corrected chi connectivity index (χ0v) is 20.5. The lowest BCUT2D eigenvalue weighted by Gasteiger charge is -2.31. The summed E-state index contributed by atoms with van der Waals surface area (Å²) in [5.41, 5.74) is 2.53. The molecule has 7 heteroatoms. The van der Waals surface area contributed by atoms with Gasteiger partial charge in [0.2, 0.25) is 5.91 Å². The van der Waals surface area contributed by atoms with Gasteiger partial charge in [-0.25, -0.2) is 0 Å². The summed E-state index contributed by atoms with van der Waals surface area (Å²) in [6.45, 7) is 1.62. The Labute approximate surface area is 204 Å². The van der Waals surface area contributed by atoms with Crippen LogP contribution >= 0.6 is 11.3 Å². The van der Waals surface area contributed by atoms with E-state index in [0.717, 1.165) is 34.6 Å². The Morgan fingerprint density at radius 2 is 1.97 bits per heavy atom. The van der Waals surface area contributed by atoms with Crippen molar-refractivity contribution in [1.29, 1.82) is 0 Å². The molecule has 180 valence electrons. The molecule has 34 heavy (non-hydrogen) atoms. The summed E-state index contributed by atoms with van der Waals surface area (Å²) in [7, 11) is 1.66. The molecule has 2 heterocycles. The lowest BCUT2D eigenvalue weighted by molar-refractivity contribution is -0.127. The van der Waals surface area contributed by atoms with Crippen molar-refractivity contribution in [3.05, 3.63) is 45.8 Å². The molecule has 4 aliphatic carbocycles. The molecule has 1 aliphatic heterocycles. The maximum absolute atomic E-state index is 13.7. The van der Waals surface area contributed by atoms with Gasteiger partial charge < -0.3 is 20.1 Å². The monoisotopic (exact) mass is 480 g/mol. The number of nitrogens with one attached hydrogen (secondary N) is 2. The van der Waals surface area contributed by atoms with Gasteiger partial charge in [-0.15, -0.1) is 11.3 Å². The molecule has 6 nitrogen and oxygen atoms in total. The molecule has 4 bridgehead atoms. The van der Waals surface area contributed by atoms with Crippen molar-refractivity contribution in [2.24, 2.45) is 23.2 Å². The van der Waals surface area contributed by atoms with Gasteiger partial charge in [-0.1, -0.05) is 18.2 Å². The van der Waals surface area contributed by atoms with E-state index >= 15 is 0 Å². The van der Waals surface area contributed by atoms with Crippen LogP contribution < -0.4 is 15.4 Å². The Kier molecular flexibility index (Phi) is 5.65. The van der Waals surface area contributed by atoms with E-state index in [4.69, 9.17) is 9.47 Å². The quantitative estimate of drug-likeness (QED) is 0.609. The molecule has 2 amide bonds. The second-order valence-corrected chi connectivity index (χ2v) is 11.6. The van der Waals surface area contributed by atoms with Crippen molar-refractivity contribution in [2.75, 3.05) is 25.6 Å². The highest BCUT2D eigenvalue weighted by atomic mass is 32.1. The summed E-state index contributed by atoms with van der Waals surface area (Å²) >= 11 is 1.52. The van der Waals surface area contributed by atoms with Crippen LogP contribution in [0.5, 0.6) is 5.75 Å². The number of amides is 2. The smallest absolute Gasteiger partial charge is 0.254 e.